The topological polar surface area (TPSA) is 160 Å². The summed E-state index contributed by atoms with van der Waals surface area (Å²) in [5.74, 6) is 6.02. The van der Waals surface area contributed by atoms with Crippen LogP contribution in [0.15, 0.2) is 24.3 Å². The molecule has 0 atom stereocenters. The van der Waals surface area contributed by atoms with E-state index in [0.717, 1.165) is 14.7 Å². The van der Waals surface area contributed by atoms with Crippen LogP contribution in [0.3, 0.4) is 0 Å². The molecule has 34 heavy (non-hydrogen) atoms. The zero-order valence-corrected chi connectivity index (χ0v) is 20.3. The van der Waals surface area contributed by atoms with E-state index in [1.807, 2.05) is 22.6 Å². The molecule has 1 aliphatic heterocycles. The van der Waals surface area contributed by atoms with Crippen LogP contribution in [0.2, 0.25) is 0 Å². The minimum Gasteiger partial charge on any atom is -0.487 e. The van der Waals surface area contributed by atoms with E-state index in [1.165, 1.54) is 0 Å². The third-order valence-corrected chi connectivity index (χ3v) is 5.52. The number of nitrogens with zero attached hydrogens (tertiary/aromatic N) is 3. The Morgan fingerprint density at radius 3 is 1.88 bits per heavy atom. The summed E-state index contributed by atoms with van der Waals surface area (Å²) >= 11 is 1.95. The van der Waals surface area contributed by atoms with Gasteiger partial charge < -0.3 is 40.1 Å². The molecule has 0 spiro atoms. The van der Waals surface area contributed by atoms with Gasteiger partial charge in [0.25, 0.3) is 0 Å². The molecule has 1 aliphatic rings. The van der Waals surface area contributed by atoms with Crippen LogP contribution in [0.25, 0.3) is 0 Å². The largest absolute Gasteiger partial charge is 0.487 e. The molecule has 4 amide bonds. The van der Waals surface area contributed by atoms with Crippen LogP contribution in [0.4, 0.5) is 14.4 Å². The smallest absolute Gasteiger partial charge is 0.407 e. The van der Waals surface area contributed by atoms with Crippen LogP contribution in [-0.4, -0.2) is 111 Å². The maximum absolute atomic E-state index is 11.7. The summed E-state index contributed by atoms with van der Waals surface area (Å²) in [5, 5.41) is 31.0. The number of hydrogen-bond acceptors (Lipinski definition) is 5. The van der Waals surface area contributed by atoms with Gasteiger partial charge in [0, 0.05) is 31.7 Å². The molecule has 0 bridgehead atoms. The summed E-state index contributed by atoms with van der Waals surface area (Å²) < 4.78 is 6.25. The first-order valence-electron chi connectivity index (χ1n) is 10.2. The summed E-state index contributed by atoms with van der Waals surface area (Å²) in [6.45, 7) is -0.401. The zero-order chi connectivity index (χ0) is 25.1. The Hall–Kier alpha value is -3.41. The molecule has 0 aliphatic carbocycles. The monoisotopic (exact) mass is 588 g/mol. The maximum Gasteiger partial charge on any atom is 0.407 e. The predicted molar refractivity (Wildman–Crippen MR) is 128 cm³/mol. The molecule has 1 saturated heterocycles. The Labute approximate surface area is 209 Å². The zero-order valence-electron chi connectivity index (χ0n) is 18.1. The molecular weight excluding hydrogens is 563 g/mol. The average molecular weight is 588 g/mol. The Bertz CT molecular complexity index is 918. The third kappa shape index (κ3) is 8.85. The second-order valence-electron chi connectivity index (χ2n) is 7.20. The summed E-state index contributed by atoms with van der Waals surface area (Å²) in [7, 11) is 0. The van der Waals surface area contributed by atoms with Crippen LogP contribution in [-0.2, 0) is 4.79 Å². The number of ether oxygens (including phenoxy) is 1. The number of halogens is 1. The minimum absolute atomic E-state index is 0.0722. The Morgan fingerprint density at radius 1 is 0.912 bits per heavy atom. The second-order valence-corrected chi connectivity index (χ2v) is 7.97. The van der Waals surface area contributed by atoms with Crippen LogP contribution >= 0.6 is 22.6 Å². The third-order valence-electron chi connectivity index (χ3n) is 4.82. The number of nitrogens with one attached hydrogen (secondary N) is 1. The SMILES string of the molecule is O=C(CI)NCC#Cc1ccc(OC2CN(C(=O)O)CCN(C(=O)O)CCN(C(=O)O)C2)cc1. The van der Waals surface area contributed by atoms with Crippen molar-refractivity contribution in [3.8, 4) is 17.6 Å². The van der Waals surface area contributed by atoms with E-state index >= 15 is 0 Å². The first kappa shape index (κ1) is 26.8. The molecular formula is C21H25IN4O8. The lowest BCUT2D eigenvalue weighted by Gasteiger charge is -2.33. The number of amides is 4. The highest BCUT2D eigenvalue weighted by atomic mass is 127. The van der Waals surface area contributed by atoms with Gasteiger partial charge >= 0.3 is 18.3 Å². The highest BCUT2D eigenvalue weighted by Crippen LogP contribution is 2.16. The van der Waals surface area contributed by atoms with Gasteiger partial charge in [0.1, 0.15) is 11.9 Å². The molecule has 13 heteroatoms. The highest BCUT2D eigenvalue weighted by molar-refractivity contribution is 14.1. The number of rotatable bonds is 4. The quantitative estimate of drug-likeness (QED) is 0.233. The minimum atomic E-state index is -1.26. The highest BCUT2D eigenvalue weighted by Gasteiger charge is 2.28. The number of alkyl halides is 1. The summed E-state index contributed by atoms with van der Waals surface area (Å²) in [6, 6.07) is 6.65. The van der Waals surface area contributed by atoms with Gasteiger partial charge in [0.2, 0.25) is 5.91 Å². The van der Waals surface area contributed by atoms with Gasteiger partial charge in [-0.05, 0) is 24.3 Å². The van der Waals surface area contributed by atoms with Gasteiger partial charge in [-0.15, -0.1) is 0 Å². The average Bonchev–Trinajstić information content (AvgIpc) is 2.80. The van der Waals surface area contributed by atoms with Crippen molar-refractivity contribution in [2.75, 3.05) is 50.2 Å². The van der Waals surface area contributed by atoms with Crippen molar-refractivity contribution in [3.63, 3.8) is 0 Å². The molecule has 1 aromatic carbocycles. The first-order valence-corrected chi connectivity index (χ1v) is 11.7. The van der Waals surface area contributed by atoms with Crippen molar-refractivity contribution >= 4 is 46.8 Å². The fraction of sp³-hybridized carbons (Fsp3) is 0.429. The van der Waals surface area contributed by atoms with Gasteiger partial charge in [0.15, 0.2) is 0 Å². The van der Waals surface area contributed by atoms with Gasteiger partial charge in [-0.1, -0.05) is 34.4 Å². The maximum atomic E-state index is 11.7. The van der Waals surface area contributed by atoms with Crippen LogP contribution in [0, 0.1) is 11.8 Å². The van der Waals surface area contributed by atoms with E-state index in [2.05, 4.69) is 17.2 Å². The summed E-state index contributed by atoms with van der Waals surface area (Å²) in [4.78, 5) is 48.9. The molecule has 2 rings (SSSR count). The second kappa shape index (κ2) is 13.3. The van der Waals surface area contributed by atoms with Crippen molar-refractivity contribution in [1.82, 2.24) is 20.0 Å². The molecule has 12 nitrogen and oxygen atoms in total. The van der Waals surface area contributed by atoms with Crippen LogP contribution in [0.1, 0.15) is 5.56 Å². The predicted octanol–water partition coefficient (Wildman–Crippen LogP) is 1.29. The first-order chi connectivity index (χ1) is 16.2. The molecule has 1 aromatic rings. The van der Waals surface area contributed by atoms with E-state index in [9.17, 15) is 34.5 Å². The fourth-order valence-corrected chi connectivity index (χ4v) is 3.36. The Balaban J connectivity index is 2.12. The van der Waals surface area contributed by atoms with Gasteiger partial charge in [0.05, 0.1) is 24.1 Å². The van der Waals surface area contributed by atoms with E-state index in [0.29, 0.717) is 15.7 Å². The molecule has 1 fully saturated rings. The normalized spacial score (nSPS) is 15.0. The number of benzene rings is 1. The van der Waals surface area contributed by atoms with Crippen LogP contribution in [0.5, 0.6) is 5.75 Å². The van der Waals surface area contributed by atoms with Crippen molar-refractivity contribution < 1.29 is 39.2 Å². The Kier molecular flexibility index (Phi) is 10.5. The van der Waals surface area contributed by atoms with E-state index in [-0.39, 0.29) is 51.7 Å². The molecule has 184 valence electrons. The van der Waals surface area contributed by atoms with E-state index in [4.69, 9.17) is 4.74 Å². The fourth-order valence-electron chi connectivity index (χ4n) is 3.09. The van der Waals surface area contributed by atoms with Crippen LogP contribution < -0.4 is 10.1 Å². The van der Waals surface area contributed by atoms with Crippen molar-refractivity contribution in [3.05, 3.63) is 29.8 Å². The lowest BCUT2D eigenvalue weighted by molar-refractivity contribution is -0.118. The molecule has 1 heterocycles. The number of hydrogen-bond donors (Lipinski definition) is 4. The lowest BCUT2D eigenvalue weighted by Crippen LogP contribution is -2.52. The summed E-state index contributed by atoms with van der Waals surface area (Å²) in [5.41, 5.74) is 0.676. The standard InChI is InChI=1S/C21H25IN4O8/c22-12-18(27)23-7-1-2-15-3-5-16(6-4-15)34-17-13-25(20(30)31)10-8-24(19(28)29)9-11-26(14-17)21(32)33/h3-6,17H,7-14H2,(H,23,27)(H,28,29)(H,30,31)(H,32,33). The van der Waals surface area contributed by atoms with Gasteiger partial charge in [-0.3, -0.25) is 4.79 Å². The number of carbonyl (C=O) groups excluding carboxylic acids is 1. The van der Waals surface area contributed by atoms with Crippen molar-refractivity contribution in [2.24, 2.45) is 0 Å². The van der Waals surface area contributed by atoms with Gasteiger partial charge in [-0.2, -0.15) is 0 Å². The molecule has 0 saturated carbocycles. The number of carbonyl (C=O) groups is 4. The molecule has 0 aromatic heterocycles. The summed E-state index contributed by atoms with van der Waals surface area (Å²) in [6.07, 6.45) is -4.59. The molecule has 0 unspecified atom stereocenters. The van der Waals surface area contributed by atoms with Crippen molar-refractivity contribution in [1.29, 1.82) is 0 Å². The van der Waals surface area contributed by atoms with Gasteiger partial charge in [-0.25, -0.2) is 14.4 Å². The molecule has 4 N–H and O–H groups in total. The van der Waals surface area contributed by atoms with E-state index < -0.39 is 24.4 Å². The lowest BCUT2D eigenvalue weighted by atomic mass is 10.2. The van der Waals surface area contributed by atoms with E-state index in [1.54, 1.807) is 24.3 Å². The number of carboxylic acid groups (broad SMARTS) is 3. The van der Waals surface area contributed by atoms with Crippen molar-refractivity contribution in [2.45, 2.75) is 6.10 Å². The Morgan fingerprint density at radius 2 is 1.41 bits per heavy atom. The molecule has 0 radical (unpaired) electrons.